The van der Waals surface area contributed by atoms with Gasteiger partial charge in [-0.25, -0.2) is 13.2 Å². The topological polar surface area (TPSA) is 122 Å². The zero-order chi connectivity index (χ0) is 20.0. The number of anilines is 1. The molecular weight excluding hydrogens is 372 g/mol. The number of carboxylic acid groups (broad SMARTS) is 1. The van der Waals surface area contributed by atoms with Crippen LogP contribution in [0.4, 0.5) is 5.69 Å². The first-order valence-electron chi connectivity index (χ1n) is 8.09. The number of hydrogen-bond donors (Lipinski definition) is 3. The maximum absolute atomic E-state index is 12.5. The normalized spacial score (nSPS) is 10.9. The summed E-state index contributed by atoms with van der Waals surface area (Å²) in [5, 5.41) is 11.7. The SMILES string of the molecule is CCNC(=O)COc1ccc(NS(=O)(=O)c2ccc(C)c(C(=O)O)c2)cc1. The molecule has 0 aliphatic rings. The predicted octanol–water partition coefficient (Wildman–Crippen LogP) is 2.01. The Kier molecular flexibility index (Phi) is 6.40. The second-order valence-electron chi connectivity index (χ2n) is 5.65. The van der Waals surface area contributed by atoms with Crippen molar-refractivity contribution in [3.8, 4) is 5.75 Å². The van der Waals surface area contributed by atoms with E-state index in [0.717, 1.165) is 6.07 Å². The number of ether oxygens (including phenoxy) is 1. The van der Waals surface area contributed by atoms with Crippen molar-refractivity contribution in [3.05, 3.63) is 53.6 Å². The fraction of sp³-hybridized carbons (Fsp3) is 0.222. The summed E-state index contributed by atoms with van der Waals surface area (Å²) in [5.41, 5.74) is 0.667. The van der Waals surface area contributed by atoms with Gasteiger partial charge in [-0.2, -0.15) is 0 Å². The maximum Gasteiger partial charge on any atom is 0.335 e. The summed E-state index contributed by atoms with van der Waals surface area (Å²) in [5.74, 6) is -1.04. The third-order valence-electron chi connectivity index (χ3n) is 3.60. The van der Waals surface area contributed by atoms with Crippen LogP contribution in [-0.2, 0) is 14.8 Å². The summed E-state index contributed by atoms with van der Waals surface area (Å²) in [6, 6.07) is 9.91. The highest BCUT2D eigenvalue weighted by molar-refractivity contribution is 7.92. The molecule has 0 aliphatic heterocycles. The summed E-state index contributed by atoms with van der Waals surface area (Å²) in [4.78, 5) is 22.4. The van der Waals surface area contributed by atoms with Crippen molar-refractivity contribution >= 4 is 27.6 Å². The van der Waals surface area contributed by atoms with Crippen LogP contribution in [-0.4, -0.2) is 38.6 Å². The van der Waals surface area contributed by atoms with Gasteiger partial charge < -0.3 is 15.2 Å². The standard InChI is InChI=1S/C18H20N2O6S/c1-3-19-17(21)11-26-14-7-5-13(6-8-14)20-27(24,25)15-9-4-12(2)16(10-15)18(22)23/h4-10,20H,3,11H2,1-2H3,(H,19,21)(H,22,23). The number of carbonyl (C=O) groups excluding carboxylic acids is 1. The lowest BCUT2D eigenvalue weighted by atomic mass is 10.1. The Balaban J connectivity index is 2.11. The Labute approximate surface area is 157 Å². The third-order valence-corrected chi connectivity index (χ3v) is 4.98. The summed E-state index contributed by atoms with van der Waals surface area (Å²) in [6.07, 6.45) is 0. The van der Waals surface area contributed by atoms with Crippen LogP contribution >= 0.6 is 0 Å². The monoisotopic (exact) mass is 392 g/mol. The number of aryl methyl sites for hydroxylation is 1. The zero-order valence-corrected chi connectivity index (χ0v) is 15.7. The van der Waals surface area contributed by atoms with Gasteiger partial charge in [0.05, 0.1) is 10.5 Å². The zero-order valence-electron chi connectivity index (χ0n) is 14.9. The lowest BCUT2D eigenvalue weighted by molar-refractivity contribution is -0.122. The fourth-order valence-corrected chi connectivity index (χ4v) is 3.31. The van der Waals surface area contributed by atoms with Crippen LogP contribution in [0.25, 0.3) is 0 Å². The van der Waals surface area contributed by atoms with Crippen molar-refractivity contribution in [1.82, 2.24) is 5.32 Å². The average molecular weight is 392 g/mol. The molecule has 1 amide bonds. The molecule has 2 rings (SSSR count). The van der Waals surface area contributed by atoms with Gasteiger partial charge >= 0.3 is 5.97 Å². The van der Waals surface area contributed by atoms with Gasteiger partial charge in [-0.3, -0.25) is 9.52 Å². The van der Waals surface area contributed by atoms with Crippen molar-refractivity contribution in [2.75, 3.05) is 17.9 Å². The smallest absolute Gasteiger partial charge is 0.335 e. The van der Waals surface area contributed by atoms with E-state index < -0.39 is 16.0 Å². The number of likely N-dealkylation sites (N-methyl/N-ethyl adjacent to an activating group) is 1. The van der Waals surface area contributed by atoms with Crippen molar-refractivity contribution in [1.29, 1.82) is 0 Å². The van der Waals surface area contributed by atoms with E-state index in [1.807, 2.05) is 0 Å². The number of sulfonamides is 1. The van der Waals surface area contributed by atoms with Gasteiger partial charge in [0.25, 0.3) is 15.9 Å². The Hall–Kier alpha value is -3.07. The highest BCUT2D eigenvalue weighted by Gasteiger charge is 2.18. The number of carbonyl (C=O) groups is 2. The molecular formula is C18H20N2O6S. The van der Waals surface area contributed by atoms with Gasteiger partial charge in [-0.1, -0.05) is 6.07 Å². The molecule has 8 nitrogen and oxygen atoms in total. The van der Waals surface area contributed by atoms with E-state index in [1.54, 1.807) is 13.8 Å². The molecule has 9 heteroatoms. The molecule has 2 aromatic rings. The Morgan fingerprint density at radius 1 is 1.11 bits per heavy atom. The minimum absolute atomic E-state index is 0.0769. The summed E-state index contributed by atoms with van der Waals surface area (Å²) in [7, 11) is -3.95. The molecule has 0 aromatic heterocycles. The largest absolute Gasteiger partial charge is 0.484 e. The van der Waals surface area contributed by atoms with E-state index in [0.29, 0.717) is 17.9 Å². The lowest BCUT2D eigenvalue weighted by Crippen LogP contribution is -2.28. The fourth-order valence-electron chi connectivity index (χ4n) is 2.23. The van der Waals surface area contributed by atoms with Crippen LogP contribution in [0.15, 0.2) is 47.4 Å². The predicted molar refractivity (Wildman–Crippen MR) is 99.6 cm³/mol. The molecule has 0 radical (unpaired) electrons. The Morgan fingerprint density at radius 3 is 2.37 bits per heavy atom. The quantitative estimate of drug-likeness (QED) is 0.632. The third kappa shape index (κ3) is 5.45. The van der Waals surface area contributed by atoms with E-state index in [2.05, 4.69) is 10.0 Å². The number of hydrogen-bond acceptors (Lipinski definition) is 5. The molecule has 0 atom stereocenters. The van der Waals surface area contributed by atoms with Crippen molar-refractivity contribution in [3.63, 3.8) is 0 Å². The summed E-state index contributed by atoms with van der Waals surface area (Å²) >= 11 is 0. The van der Waals surface area contributed by atoms with Crippen LogP contribution in [0.5, 0.6) is 5.75 Å². The highest BCUT2D eigenvalue weighted by Crippen LogP contribution is 2.21. The van der Waals surface area contributed by atoms with E-state index in [1.165, 1.54) is 36.4 Å². The van der Waals surface area contributed by atoms with Crippen molar-refractivity contribution < 1.29 is 27.9 Å². The van der Waals surface area contributed by atoms with Crippen LogP contribution < -0.4 is 14.8 Å². The molecule has 3 N–H and O–H groups in total. The minimum atomic E-state index is -3.95. The average Bonchev–Trinajstić information content (AvgIpc) is 2.61. The van der Waals surface area contributed by atoms with Crippen molar-refractivity contribution in [2.24, 2.45) is 0 Å². The first kappa shape index (κ1) is 20.2. The molecule has 0 bridgehead atoms. The highest BCUT2D eigenvalue weighted by atomic mass is 32.2. The van der Waals surface area contributed by atoms with Gasteiger partial charge in [0.15, 0.2) is 6.61 Å². The molecule has 27 heavy (non-hydrogen) atoms. The van der Waals surface area contributed by atoms with Crippen LogP contribution in [0.3, 0.4) is 0 Å². The number of carboxylic acids is 1. The molecule has 2 aromatic carbocycles. The molecule has 0 spiro atoms. The number of amides is 1. The van der Waals surface area contributed by atoms with Gasteiger partial charge in [0.1, 0.15) is 5.75 Å². The minimum Gasteiger partial charge on any atom is -0.484 e. The molecule has 0 fully saturated rings. The second-order valence-corrected chi connectivity index (χ2v) is 7.34. The van der Waals surface area contributed by atoms with Gasteiger partial charge in [0, 0.05) is 12.2 Å². The second kappa shape index (κ2) is 8.54. The molecule has 144 valence electrons. The molecule has 0 unspecified atom stereocenters. The van der Waals surface area contributed by atoms with Crippen LogP contribution in [0, 0.1) is 6.92 Å². The number of rotatable bonds is 8. The number of nitrogens with one attached hydrogen (secondary N) is 2. The summed E-state index contributed by atoms with van der Waals surface area (Å²) < 4.78 is 32.6. The molecule has 0 aliphatic carbocycles. The van der Waals surface area contributed by atoms with E-state index in [4.69, 9.17) is 9.84 Å². The van der Waals surface area contributed by atoms with E-state index >= 15 is 0 Å². The molecule has 0 saturated carbocycles. The lowest BCUT2D eigenvalue weighted by Gasteiger charge is -2.11. The van der Waals surface area contributed by atoms with Crippen molar-refractivity contribution in [2.45, 2.75) is 18.7 Å². The Morgan fingerprint density at radius 2 is 1.78 bits per heavy atom. The Bertz CT molecular complexity index is 939. The summed E-state index contributed by atoms with van der Waals surface area (Å²) in [6.45, 7) is 3.75. The number of benzene rings is 2. The molecule has 0 heterocycles. The first-order chi connectivity index (χ1) is 12.7. The van der Waals surface area contributed by atoms with Crippen LogP contribution in [0.1, 0.15) is 22.8 Å². The van der Waals surface area contributed by atoms with E-state index in [9.17, 15) is 18.0 Å². The maximum atomic E-state index is 12.5. The first-order valence-corrected chi connectivity index (χ1v) is 9.57. The van der Waals surface area contributed by atoms with Gasteiger partial charge in [0.2, 0.25) is 0 Å². The molecule has 0 saturated heterocycles. The van der Waals surface area contributed by atoms with Gasteiger partial charge in [-0.15, -0.1) is 0 Å². The van der Waals surface area contributed by atoms with E-state index in [-0.39, 0.29) is 28.7 Å². The number of aromatic carboxylic acids is 1. The van der Waals surface area contributed by atoms with Gasteiger partial charge in [-0.05, 0) is 55.8 Å². The van der Waals surface area contributed by atoms with Crippen LogP contribution in [0.2, 0.25) is 0 Å².